The zero-order valence-corrected chi connectivity index (χ0v) is 12.6. The van der Waals surface area contributed by atoms with E-state index in [1.165, 1.54) is 19.3 Å². The molecule has 4 N–H and O–H groups in total. The highest BCUT2D eigenvalue weighted by Crippen LogP contribution is 2.29. The summed E-state index contributed by atoms with van der Waals surface area (Å²) in [6, 6.07) is 0. The highest BCUT2D eigenvalue weighted by Gasteiger charge is 2.24. The first-order valence-corrected chi connectivity index (χ1v) is 7.92. The molecule has 3 unspecified atom stereocenters. The molecule has 1 fully saturated rings. The number of primary amides is 1. The van der Waals surface area contributed by atoms with Gasteiger partial charge in [0.25, 0.3) is 0 Å². The number of carbonyl (C=O) groups is 1. The molecule has 1 aliphatic rings. The van der Waals surface area contributed by atoms with E-state index in [4.69, 9.17) is 10.5 Å². The van der Waals surface area contributed by atoms with Gasteiger partial charge in [0.05, 0.1) is 18.8 Å². The van der Waals surface area contributed by atoms with Crippen LogP contribution in [0.3, 0.4) is 0 Å². The Morgan fingerprint density at radius 1 is 1.45 bits per heavy atom. The number of nitrogens with two attached hydrogens (primary N) is 1. The molecule has 5 nitrogen and oxygen atoms in total. The predicted molar refractivity (Wildman–Crippen MR) is 79.3 cm³/mol. The maximum Gasteiger partial charge on any atom is 0.217 e. The summed E-state index contributed by atoms with van der Waals surface area (Å²) in [4.78, 5) is 10.6. The third-order valence-corrected chi connectivity index (χ3v) is 4.02. The lowest BCUT2D eigenvalue weighted by atomic mass is 9.85. The molecule has 0 aromatic carbocycles. The highest BCUT2D eigenvalue weighted by molar-refractivity contribution is 5.73. The van der Waals surface area contributed by atoms with Gasteiger partial charge in [-0.2, -0.15) is 0 Å². The first-order valence-electron chi connectivity index (χ1n) is 7.92. The fourth-order valence-electron chi connectivity index (χ4n) is 2.81. The van der Waals surface area contributed by atoms with Gasteiger partial charge in [-0.05, 0) is 31.7 Å². The summed E-state index contributed by atoms with van der Waals surface area (Å²) in [6.07, 6.45) is 7.02. The van der Waals surface area contributed by atoms with Crippen molar-refractivity contribution in [1.82, 2.24) is 5.32 Å². The second-order valence-corrected chi connectivity index (χ2v) is 5.75. The van der Waals surface area contributed by atoms with E-state index in [9.17, 15) is 9.90 Å². The Labute approximate surface area is 122 Å². The molecule has 1 saturated carbocycles. The predicted octanol–water partition coefficient (Wildman–Crippen LogP) is 1.19. The minimum Gasteiger partial charge on any atom is -0.389 e. The third-order valence-electron chi connectivity index (χ3n) is 4.02. The summed E-state index contributed by atoms with van der Waals surface area (Å²) in [6.45, 7) is 3.80. The molecule has 0 aromatic heterocycles. The van der Waals surface area contributed by atoms with E-state index in [0.29, 0.717) is 44.6 Å². The molecule has 0 bridgehead atoms. The number of nitrogens with one attached hydrogen (secondary N) is 1. The maximum absolute atomic E-state index is 10.6. The summed E-state index contributed by atoms with van der Waals surface area (Å²) < 4.78 is 5.88. The Morgan fingerprint density at radius 3 is 2.90 bits per heavy atom. The lowest BCUT2D eigenvalue weighted by Crippen LogP contribution is -2.35. The van der Waals surface area contributed by atoms with Gasteiger partial charge in [-0.1, -0.05) is 26.2 Å². The van der Waals surface area contributed by atoms with E-state index in [2.05, 4.69) is 12.2 Å². The minimum absolute atomic E-state index is 0.279. The number of aliphatic hydroxyl groups excluding tert-OH is 1. The molecule has 1 amide bonds. The monoisotopic (exact) mass is 286 g/mol. The van der Waals surface area contributed by atoms with Gasteiger partial charge >= 0.3 is 0 Å². The molecule has 118 valence electrons. The van der Waals surface area contributed by atoms with Crippen LogP contribution in [-0.2, 0) is 9.53 Å². The molecule has 1 rings (SSSR count). The highest BCUT2D eigenvalue weighted by atomic mass is 16.5. The molecular weight excluding hydrogens is 256 g/mol. The molecule has 1 aliphatic carbocycles. The van der Waals surface area contributed by atoms with Crippen molar-refractivity contribution < 1.29 is 14.6 Å². The summed E-state index contributed by atoms with van der Waals surface area (Å²) in [5.74, 6) is 0.373. The number of hydrogen-bond acceptors (Lipinski definition) is 4. The quantitative estimate of drug-likeness (QED) is 0.527. The van der Waals surface area contributed by atoms with Crippen molar-refractivity contribution in [1.29, 1.82) is 0 Å². The van der Waals surface area contributed by atoms with Crippen molar-refractivity contribution in [2.75, 3.05) is 19.7 Å². The standard InChI is InChI=1S/C15H30N2O3/c1-2-12-6-3-4-7-14(12)20-11-13(18)10-17-9-5-8-15(16)19/h12-14,17-18H,2-11H2,1H3,(H2,16,19). The number of ether oxygens (including phenoxy) is 1. The molecule has 0 spiro atoms. The van der Waals surface area contributed by atoms with Gasteiger partial charge in [0.15, 0.2) is 0 Å². The van der Waals surface area contributed by atoms with Gasteiger partial charge in [0.1, 0.15) is 0 Å². The van der Waals surface area contributed by atoms with Crippen LogP contribution in [0.2, 0.25) is 0 Å². The van der Waals surface area contributed by atoms with Crippen molar-refractivity contribution in [2.24, 2.45) is 11.7 Å². The van der Waals surface area contributed by atoms with Gasteiger partial charge in [-0.3, -0.25) is 4.79 Å². The van der Waals surface area contributed by atoms with Gasteiger partial charge in [-0.25, -0.2) is 0 Å². The van der Waals surface area contributed by atoms with Crippen molar-refractivity contribution in [3.8, 4) is 0 Å². The summed E-state index contributed by atoms with van der Waals surface area (Å²) in [5, 5.41) is 13.0. The van der Waals surface area contributed by atoms with Crippen molar-refractivity contribution in [3.63, 3.8) is 0 Å². The Bertz CT molecular complexity index is 274. The van der Waals surface area contributed by atoms with Gasteiger partial charge in [-0.15, -0.1) is 0 Å². The molecule has 0 aliphatic heterocycles. The molecule has 5 heteroatoms. The van der Waals surface area contributed by atoms with E-state index in [-0.39, 0.29) is 5.91 Å². The van der Waals surface area contributed by atoms with Crippen LogP contribution >= 0.6 is 0 Å². The van der Waals surface area contributed by atoms with Crippen LogP contribution in [-0.4, -0.2) is 42.9 Å². The van der Waals surface area contributed by atoms with Crippen LogP contribution in [0.5, 0.6) is 0 Å². The zero-order valence-electron chi connectivity index (χ0n) is 12.6. The lowest BCUT2D eigenvalue weighted by molar-refractivity contribution is -0.118. The summed E-state index contributed by atoms with van der Waals surface area (Å²) in [5.41, 5.74) is 5.05. The maximum atomic E-state index is 10.6. The Balaban J connectivity index is 2.06. The van der Waals surface area contributed by atoms with E-state index in [1.54, 1.807) is 0 Å². The molecule has 0 heterocycles. The van der Waals surface area contributed by atoms with Crippen LogP contribution in [0.4, 0.5) is 0 Å². The number of carbonyl (C=O) groups excluding carboxylic acids is 1. The van der Waals surface area contributed by atoms with Crippen molar-refractivity contribution in [2.45, 2.75) is 64.1 Å². The largest absolute Gasteiger partial charge is 0.389 e. The van der Waals surface area contributed by atoms with Gasteiger partial charge in [0, 0.05) is 13.0 Å². The van der Waals surface area contributed by atoms with E-state index < -0.39 is 6.10 Å². The van der Waals surface area contributed by atoms with Gasteiger partial charge < -0.3 is 20.9 Å². The Hall–Kier alpha value is -0.650. The molecule has 0 saturated heterocycles. The van der Waals surface area contributed by atoms with Crippen LogP contribution in [0.15, 0.2) is 0 Å². The van der Waals surface area contributed by atoms with Crippen molar-refractivity contribution in [3.05, 3.63) is 0 Å². The number of rotatable bonds is 10. The van der Waals surface area contributed by atoms with Crippen molar-refractivity contribution >= 4 is 5.91 Å². The first-order chi connectivity index (χ1) is 9.63. The number of aliphatic hydroxyl groups is 1. The van der Waals surface area contributed by atoms with Crippen LogP contribution in [0.25, 0.3) is 0 Å². The second-order valence-electron chi connectivity index (χ2n) is 5.75. The van der Waals surface area contributed by atoms with E-state index in [0.717, 1.165) is 12.8 Å². The molecule has 3 atom stereocenters. The van der Waals surface area contributed by atoms with E-state index in [1.807, 2.05) is 0 Å². The topological polar surface area (TPSA) is 84.6 Å². The average molecular weight is 286 g/mol. The summed E-state index contributed by atoms with van der Waals surface area (Å²) >= 11 is 0. The third kappa shape index (κ3) is 7.22. The average Bonchev–Trinajstić information content (AvgIpc) is 2.44. The molecule has 0 radical (unpaired) electrons. The normalized spacial score (nSPS) is 24.5. The lowest BCUT2D eigenvalue weighted by Gasteiger charge is -2.31. The first kappa shape index (κ1) is 17.4. The zero-order chi connectivity index (χ0) is 14.8. The van der Waals surface area contributed by atoms with Crippen LogP contribution in [0.1, 0.15) is 51.9 Å². The smallest absolute Gasteiger partial charge is 0.217 e. The SMILES string of the molecule is CCC1CCCCC1OCC(O)CNCCCC(N)=O. The molecule has 0 aromatic rings. The fourth-order valence-corrected chi connectivity index (χ4v) is 2.81. The number of hydrogen-bond donors (Lipinski definition) is 3. The Morgan fingerprint density at radius 2 is 2.20 bits per heavy atom. The van der Waals surface area contributed by atoms with Crippen LogP contribution in [0, 0.1) is 5.92 Å². The number of amides is 1. The summed E-state index contributed by atoms with van der Waals surface area (Å²) in [7, 11) is 0. The van der Waals surface area contributed by atoms with E-state index >= 15 is 0 Å². The minimum atomic E-state index is -0.483. The molecular formula is C15H30N2O3. The fraction of sp³-hybridized carbons (Fsp3) is 0.933. The molecule has 20 heavy (non-hydrogen) atoms. The second kappa shape index (κ2) is 10.1. The van der Waals surface area contributed by atoms with Gasteiger partial charge in [0.2, 0.25) is 5.91 Å². The Kier molecular flexibility index (Phi) is 8.82. The van der Waals surface area contributed by atoms with Crippen LogP contribution < -0.4 is 11.1 Å².